The third kappa shape index (κ3) is 3.60. The van der Waals surface area contributed by atoms with Crippen LogP contribution in [0.25, 0.3) is 0 Å². The highest BCUT2D eigenvalue weighted by atomic mass is 16.7. The second kappa shape index (κ2) is 6.88. The van der Waals surface area contributed by atoms with Gasteiger partial charge in [0, 0.05) is 38.7 Å². The Morgan fingerprint density at radius 1 is 1.35 bits per heavy atom. The molecule has 6 heteroatoms. The highest BCUT2D eigenvalue weighted by Gasteiger charge is 2.46. The lowest BCUT2D eigenvalue weighted by Gasteiger charge is -2.21. The Hall–Kier alpha value is -2.73. The predicted molar refractivity (Wildman–Crippen MR) is 99.8 cm³/mol. The van der Waals surface area contributed by atoms with Crippen LogP contribution in [-0.2, 0) is 16.2 Å². The van der Waals surface area contributed by atoms with Gasteiger partial charge in [-0.05, 0) is 24.6 Å². The Balaban J connectivity index is 1.35. The molecule has 0 saturated carbocycles. The lowest BCUT2D eigenvalue weighted by Crippen LogP contribution is -2.35. The number of amides is 1. The van der Waals surface area contributed by atoms with Crippen LogP contribution in [-0.4, -0.2) is 40.2 Å². The predicted octanol–water partition coefficient (Wildman–Crippen LogP) is 2.75. The number of oxime groups is 1. The fourth-order valence-electron chi connectivity index (χ4n) is 3.63. The number of carbonyl (C=O) groups is 1. The zero-order valence-electron chi connectivity index (χ0n) is 14.8. The second-order valence-corrected chi connectivity index (χ2v) is 7.13. The molecule has 0 bridgehead atoms. The van der Waals surface area contributed by atoms with Crippen molar-refractivity contribution >= 4 is 17.3 Å². The molecule has 1 spiro atoms. The number of aryl methyl sites for hydroxylation is 1. The number of benzene rings is 1. The average Bonchev–Trinajstić information content (AvgIpc) is 3.23. The molecule has 1 N–H and O–H groups in total. The minimum atomic E-state index is -0.370. The van der Waals surface area contributed by atoms with Crippen molar-refractivity contribution in [3.05, 3.63) is 59.9 Å². The van der Waals surface area contributed by atoms with Gasteiger partial charge in [-0.1, -0.05) is 35.0 Å². The number of hydrogen-bond donors (Lipinski definition) is 1. The van der Waals surface area contributed by atoms with E-state index in [1.807, 2.05) is 0 Å². The molecule has 1 atom stereocenters. The Morgan fingerprint density at radius 2 is 2.27 bits per heavy atom. The monoisotopic (exact) mass is 350 g/mol. The first-order chi connectivity index (χ1) is 12.6. The van der Waals surface area contributed by atoms with Crippen molar-refractivity contribution in [1.82, 2.24) is 9.88 Å². The lowest BCUT2D eigenvalue weighted by molar-refractivity contribution is -0.110. The minimum absolute atomic E-state index is 0.216. The van der Waals surface area contributed by atoms with Crippen molar-refractivity contribution in [2.45, 2.75) is 31.9 Å². The van der Waals surface area contributed by atoms with Gasteiger partial charge in [0.05, 0.1) is 11.9 Å². The average molecular weight is 350 g/mol. The zero-order chi connectivity index (χ0) is 18.0. The topological polar surface area (TPSA) is 66.8 Å². The van der Waals surface area contributed by atoms with Gasteiger partial charge < -0.3 is 10.2 Å². The second-order valence-electron chi connectivity index (χ2n) is 7.13. The maximum atomic E-state index is 12.4. The minimum Gasteiger partial charge on any atom is -0.387 e. The van der Waals surface area contributed by atoms with Gasteiger partial charge in [-0.2, -0.15) is 0 Å². The van der Waals surface area contributed by atoms with Crippen LogP contribution >= 0.6 is 0 Å². The molecule has 6 nitrogen and oxygen atoms in total. The van der Waals surface area contributed by atoms with Crippen molar-refractivity contribution in [3.8, 4) is 0 Å². The number of carbonyl (C=O) groups excluding carboxylic acids is 1. The molecule has 2 aliphatic rings. The van der Waals surface area contributed by atoms with E-state index in [-0.39, 0.29) is 11.5 Å². The Bertz CT molecular complexity index is 837. The molecule has 0 radical (unpaired) electrons. The number of aromatic nitrogens is 1. The normalized spacial score (nSPS) is 22.3. The molecule has 2 aliphatic heterocycles. The number of hydrogen-bond acceptors (Lipinski definition) is 5. The number of anilines is 1. The van der Waals surface area contributed by atoms with E-state index in [1.165, 1.54) is 11.1 Å². The first-order valence-electron chi connectivity index (χ1n) is 8.86. The summed E-state index contributed by atoms with van der Waals surface area (Å²) in [7, 11) is 0. The van der Waals surface area contributed by atoms with E-state index in [1.54, 1.807) is 24.5 Å². The van der Waals surface area contributed by atoms with Crippen molar-refractivity contribution in [2.24, 2.45) is 5.16 Å². The number of pyridine rings is 1. The molecule has 1 aromatic carbocycles. The maximum Gasteiger partial charge on any atom is 0.273 e. The van der Waals surface area contributed by atoms with Crippen molar-refractivity contribution in [3.63, 3.8) is 0 Å². The molecule has 1 saturated heterocycles. The van der Waals surface area contributed by atoms with E-state index in [2.05, 4.69) is 51.5 Å². The summed E-state index contributed by atoms with van der Waals surface area (Å²) in [5.74, 6) is -0.216. The zero-order valence-corrected chi connectivity index (χ0v) is 14.8. The van der Waals surface area contributed by atoms with E-state index in [4.69, 9.17) is 4.84 Å². The third-order valence-electron chi connectivity index (χ3n) is 4.90. The summed E-state index contributed by atoms with van der Waals surface area (Å²) in [6.45, 7) is 4.73. The quantitative estimate of drug-likeness (QED) is 0.921. The van der Waals surface area contributed by atoms with Crippen LogP contribution in [0.2, 0.25) is 0 Å². The summed E-state index contributed by atoms with van der Waals surface area (Å²) >= 11 is 0. The molecular weight excluding hydrogens is 328 g/mol. The van der Waals surface area contributed by atoms with Gasteiger partial charge in [0.25, 0.3) is 5.91 Å². The first kappa shape index (κ1) is 16.7. The Labute approximate surface area is 152 Å². The van der Waals surface area contributed by atoms with Gasteiger partial charge in [-0.25, -0.2) is 0 Å². The van der Waals surface area contributed by atoms with Gasteiger partial charge in [0.2, 0.25) is 0 Å². The SMILES string of the molecule is Cc1cccc(CN2CCC3(CC(C(=O)Nc4cccnc4)=NO3)C2)c1. The smallest absolute Gasteiger partial charge is 0.273 e. The summed E-state index contributed by atoms with van der Waals surface area (Å²) in [5, 5.41) is 6.90. The van der Waals surface area contributed by atoms with Crippen LogP contribution < -0.4 is 5.32 Å². The van der Waals surface area contributed by atoms with Gasteiger partial charge in [0.15, 0.2) is 5.60 Å². The van der Waals surface area contributed by atoms with E-state index >= 15 is 0 Å². The standard InChI is InChI=1S/C20H22N4O2/c1-15-4-2-5-16(10-15)13-24-9-7-20(14-24)11-18(23-26-20)19(25)22-17-6-3-8-21-12-17/h2-6,8,10,12H,7,9,11,13-14H2,1H3,(H,22,25). The van der Waals surface area contributed by atoms with E-state index < -0.39 is 0 Å². The highest BCUT2D eigenvalue weighted by molar-refractivity contribution is 6.43. The molecule has 1 amide bonds. The van der Waals surface area contributed by atoms with E-state index in [0.29, 0.717) is 17.8 Å². The molecule has 26 heavy (non-hydrogen) atoms. The molecule has 1 fully saturated rings. The van der Waals surface area contributed by atoms with Crippen molar-refractivity contribution in [1.29, 1.82) is 0 Å². The molecule has 4 rings (SSSR count). The largest absolute Gasteiger partial charge is 0.387 e. The van der Waals surface area contributed by atoms with Crippen LogP contribution in [0.15, 0.2) is 53.9 Å². The summed E-state index contributed by atoms with van der Waals surface area (Å²) in [6.07, 6.45) is 4.71. The summed E-state index contributed by atoms with van der Waals surface area (Å²) in [6, 6.07) is 12.1. The molecular formula is C20H22N4O2. The number of likely N-dealkylation sites (tertiary alicyclic amines) is 1. The van der Waals surface area contributed by atoms with Gasteiger partial charge in [-0.3, -0.25) is 14.7 Å². The van der Waals surface area contributed by atoms with Crippen LogP contribution in [0.1, 0.15) is 24.0 Å². The van der Waals surface area contributed by atoms with Crippen molar-refractivity contribution in [2.75, 3.05) is 18.4 Å². The maximum absolute atomic E-state index is 12.4. The fraction of sp³-hybridized carbons (Fsp3) is 0.350. The fourth-order valence-corrected chi connectivity index (χ4v) is 3.63. The third-order valence-corrected chi connectivity index (χ3v) is 4.90. The molecule has 2 aromatic rings. The van der Waals surface area contributed by atoms with Crippen LogP contribution in [0.4, 0.5) is 5.69 Å². The summed E-state index contributed by atoms with van der Waals surface area (Å²) < 4.78 is 0. The van der Waals surface area contributed by atoms with Gasteiger partial charge in [-0.15, -0.1) is 0 Å². The first-order valence-corrected chi connectivity index (χ1v) is 8.86. The number of nitrogens with zero attached hydrogens (tertiary/aromatic N) is 3. The molecule has 0 aliphatic carbocycles. The summed E-state index contributed by atoms with van der Waals surface area (Å²) in [5.41, 5.74) is 3.31. The number of nitrogens with one attached hydrogen (secondary N) is 1. The van der Waals surface area contributed by atoms with Gasteiger partial charge in [0.1, 0.15) is 5.71 Å². The van der Waals surface area contributed by atoms with Gasteiger partial charge >= 0.3 is 0 Å². The van der Waals surface area contributed by atoms with Crippen LogP contribution in [0, 0.1) is 6.92 Å². The van der Waals surface area contributed by atoms with Crippen LogP contribution in [0.5, 0.6) is 0 Å². The lowest BCUT2D eigenvalue weighted by atomic mass is 9.96. The number of rotatable bonds is 4. The summed E-state index contributed by atoms with van der Waals surface area (Å²) in [4.78, 5) is 24.5. The molecule has 134 valence electrons. The molecule has 1 aromatic heterocycles. The molecule has 3 heterocycles. The Morgan fingerprint density at radius 3 is 3.08 bits per heavy atom. The van der Waals surface area contributed by atoms with Crippen molar-refractivity contribution < 1.29 is 9.63 Å². The molecule has 1 unspecified atom stereocenters. The van der Waals surface area contributed by atoms with E-state index in [0.717, 1.165) is 26.1 Å². The van der Waals surface area contributed by atoms with Crippen LogP contribution in [0.3, 0.4) is 0 Å². The highest BCUT2D eigenvalue weighted by Crippen LogP contribution is 2.34. The van der Waals surface area contributed by atoms with E-state index in [9.17, 15) is 4.79 Å². The Kier molecular flexibility index (Phi) is 4.42.